The topological polar surface area (TPSA) is 66.4 Å². The van der Waals surface area contributed by atoms with E-state index in [-0.39, 0.29) is 6.42 Å². The Bertz CT molecular complexity index is 934. The van der Waals surface area contributed by atoms with E-state index in [0.717, 1.165) is 16.3 Å². The van der Waals surface area contributed by atoms with Gasteiger partial charge >= 0.3 is 5.97 Å². The van der Waals surface area contributed by atoms with E-state index in [0.29, 0.717) is 10.6 Å². The number of hydrogen-bond donors (Lipinski definition) is 2. The van der Waals surface area contributed by atoms with E-state index in [4.69, 9.17) is 11.6 Å². The van der Waals surface area contributed by atoms with Gasteiger partial charge in [0.25, 0.3) is 5.91 Å². The normalized spacial score (nSPS) is 11.9. The van der Waals surface area contributed by atoms with Crippen molar-refractivity contribution in [3.05, 3.63) is 82.9 Å². The molecule has 3 rings (SSSR count). The Morgan fingerprint density at radius 1 is 1.00 bits per heavy atom. The van der Waals surface area contributed by atoms with Crippen molar-refractivity contribution in [2.45, 2.75) is 12.5 Å². The van der Waals surface area contributed by atoms with Crippen LogP contribution >= 0.6 is 11.6 Å². The lowest BCUT2D eigenvalue weighted by Crippen LogP contribution is -2.42. The summed E-state index contributed by atoms with van der Waals surface area (Å²) in [6.07, 6.45) is 0.159. The van der Waals surface area contributed by atoms with Gasteiger partial charge in [0.15, 0.2) is 0 Å². The van der Waals surface area contributed by atoms with Crippen LogP contribution in [-0.2, 0) is 11.2 Å². The van der Waals surface area contributed by atoms with Crippen LogP contribution in [0.25, 0.3) is 10.8 Å². The lowest BCUT2D eigenvalue weighted by Gasteiger charge is -2.16. The van der Waals surface area contributed by atoms with Gasteiger partial charge in [0.05, 0.1) is 0 Å². The van der Waals surface area contributed by atoms with Crippen molar-refractivity contribution in [3.8, 4) is 0 Å². The van der Waals surface area contributed by atoms with Gasteiger partial charge in [0.2, 0.25) is 0 Å². The average molecular weight is 354 g/mol. The van der Waals surface area contributed by atoms with E-state index in [9.17, 15) is 14.7 Å². The Morgan fingerprint density at radius 3 is 2.48 bits per heavy atom. The highest BCUT2D eigenvalue weighted by atomic mass is 35.5. The molecule has 0 fully saturated rings. The van der Waals surface area contributed by atoms with Gasteiger partial charge in [-0.15, -0.1) is 0 Å². The van der Waals surface area contributed by atoms with Gasteiger partial charge < -0.3 is 10.4 Å². The first-order chi connectivity index (χ1) is 12.0. The van der Waals surface area contributed by atoms with E-state index >= 15 is 0 Å². The van der Waals surface area contributed by atoms with Crippen molar-refractivity contribution >= 4 is 34.2 Å². The Hall–Kier alpha value is -2.85. The summed E-state index contributed by atoms with van der Waals surface area (Å²) in [4.78, 5) is 24.2. The molecule has 0 unspecified atom stereocenters. The molecule has 0 aliphatic heterocycles. The van der Waals surface area contributed by atoms with Crippen LogP contribution < -0.4 is 5.32 Å². The quantitative estimate of drug-likeness (QED) is 0.730. The summed E-state index contributed by atoms with van der Waals surface area (Å²) in [5.41, 5.74) is 1.20. The average Bonchev–Trinajstić information content (AvgIpc) is 2.60. The molecule has 0 heterocycles. The molecule has 0 saturated carbocycles. The van der Waals surface area contributed by atoms with Gasteiger partial charge in [-0.3, -0.25) is 4.79 Å². The number of nitrogens with one attached hydrogen (secondary N) is 1. The molecule has 126 valence electrons. The van der Waals surface area contributed by atoms with Crippen LogP contribution in [0.2, 0.25) is 5.02 Å². The first-order valence-corrected chi connectivity index (χ1v) is 8.18. The molecule has 0 bridgehead atoms. The van der Waals surface area contributed by atoms with Crippen LogP contribution in [0.15, 0.2) is 66.7 Å². The first kappa shape index (κ1) is 17.0. The number of hydrogen-bond acceptors (Lipinski definition) is 2. The number of carboxylic acid groups (broad SMARTS) is 1. The van der Waals surface area contributed by atoms with Crippen LogP contribution in [0.3, 0.4) is 0 Å². The fourth-order valence-corrected chi connectivity index (χ4v) is 2.97. The molecular weight excluding hydrogens is 338 g/mol. The largest absolute Gasteiger partial charge is 0.480 e. The molecule has 0 aromatic heterocycles. The number of amides is 1. The highest BCUT2D eigenvalue weighted by molar-refractivity contribution is 6.30. The molecule has 1 atom stereocenters. The number of halogens is 1. The van der Waals surface area contributed by atoms with Crippen molar-refractivity contribution in [1.29, 1.82) is 0 Å². The Morgan fingerprint density at radius 2 is 1.72 bits per heavy atom. The Balaban J connectivity index is 1.84. The van der Waals surface area contributed by atoms with Crippen LogP contribution in [0.4, 0.5) is 0 Å². The van der Waals surface area contributed by atoms with Gasteiger partial charge in [-0.1, -0.05) is 60.1 Å². The van der Waals surface area contributed by atoms with Gasteiger partial charge in [-0.2, -0.15) is 0 Å². The standard InChI is InChI=1S/C20H16ClNO3/c21-15-8-3-5-13(11-15)12-18(20(24)25)22-19(23)17-10-4-7-14-6-1-2-9-16(14)17/h1-11,18H,12H2,(H,22,23)(H,24,25)/t18-/m0/s1. The van der Waals surface area contributed by atoms with Crippen molar-refractivity contribution in [1.82, 2.24) is 5.32 Å². The Kier molecular flexibility index (Phi) is 5.00. The van der Waals surface area contributed by atoms with E-state index in [1.807, 2.05) is 30.3 Å². The summed E-state index contributed by atoms with van der Waals surface area (Å²) in [6, 6.07) is 18.8. The molecule has 4 nitrogen and oxygen atoms in total. The number of fused-ring (bicyclic) bond motifs is 1. The summed E-state index contributed by atoms with van der Waals surface area (Å²) in [6.45, 7) is 0. The van der Waals surface area contributed by atoms with E-state index in [2.05, 4.69) is 5.32 Å². The second-order valence-corrected chi connectivity index (χ2v) is 6.16. The van der Waals surface area contributed by atoms with Crippen LogP contribution in [0, 0.1) is 0 Å². The van der Waals surface area contributed by atoms with Gasteiger partial charge in [-0.05, 0) is 34.5 Å². The minimum atomic E-state index is -1.09. The van der Waals surface area contributed by atoms with Gasteiger partial charge in [-0.25, -0.2) is 4.79 Å². The number of benzene rings is 3. The maximum atomic E-state index is 12.6. The summed E-state index contributed by atoms with van der Waals surface area (Å²) in [5.74, 6) is -1.50. The first-order valence-electron chi connectivity index (χ1n) is 7.80. The molecule has 0 spiro atoms. The third-order valence-corrected chi connectivity index (χ3v) is 4.20. The number of aliphatic carboxylic acids is 1. The molecule has 5 heteroatoms. The van der Waals surface area contributed by atoms with E-state index < -0.39 is 17.9 Å². The second kappa shape index (κ2) is 7.36. The summed E-state index contributed by atoms with van der Waals surface area (Å²) in [5, 5.41) is 14.3. The fourth-order valence-electron chi connectivity index (χ4n) is 2.76. The number of carbonyl (C=O) groups is 2. The van der Waals surface area contributed by atoms with Crippen LogP contribution in [0.1, 0.15) is 15.9 Å². The highest BCUT2D eigenvalue weighted by Crippen LogP contribution is 2.19. The number of rotatable bonds is 5. The monoisotopic (exact) mass is 353 g/mol. The lowest BCUT2D eigenvalue weighted by atomic mass is 10.0. The maximum absolute atomic E-state index is 12.6. The summed E-state index contributed by atoms with van der Waals surface area (Å²) >= 11 is 5.94. The predicted octanol–water partition coefficient (Wildman–Crippen LogP) is 3.92. The van der Waals surface area contributed by atoms with E-state index in [1.54, 1.807) is 36.4 Å². The minimum Gasteiger partial charge on any atom is -0.480 e. The summed E-state index contributed by atoms with van der Waals surface area (Å²) < 4.78 is 0. The SMILES string of the molecule is O=C(N[C@@H](Cc1cccc(Cl)c1)C(=O)O)c1cccc2ccccc12. The molecule has 2 N–H and O–H groups in total. The highest BCUT2D eigenvalue weighted by Gasteiger charge is 2.22. The molecule has 0 aliphatic rings. The molecule has 1 amide bonds. The fraction of sp³-hybridized carbons (Fsp3) is 0.100. The van der Waals surface area contributed by atoms with E-state index in [1.165, 1.54) is 0 Å². The van der Waals surface area contributed by atoms with Crippen molar-refractivity contribution < 1.29 is 14.7 Å². The predicted molar refractivity (Wildman–Crippen MR) is 98.0 cm³/mol. The van der Waals surface area contributed by atoms with Crippen LogP contribution in [-0.4, -0.2) is 23.0 Å². The maximum Gasteiger partial charge on any atom is 0.326 e. The van der Waals surface area contributed by atoms with Crippen LogP contribution in [0.5, 0.6) is 0 Å². The zero-order valence-corrected chi connectivity index (χ0v) is 14.0. The zero-order chi connectivity index (χ0) is 17.8. The van der Waals surface area contributed by atoms with Gasteiger partial charge in [0.1, 0.15) is 6.04 Å². The third-order valence-electron chi connectivity index (χ3n) is 3.97. The molecule has 0 aliphatic carbocycles. The smallest absolute Gasteiger partial charge is 0.326 e. The number of carboxylic acids is 1. The molecule has 3 aromatic carbocycles. The van der Waals surface area contributed by atoms with Gasteiger partial charge in [0, 0.05) is 17.0 Å². The molecule has 0 saturated heterocycles. The molecule has 3 aromatic rings. The van der Waals surface area contributed by atoms with Crippen molar-refractivity contribution in [2.24, 2.45) is 0 Å². The lowest BCUT2D eigenvalue weighted by molar-refractivity contribution is -0.139. The summed E-state index contributed by atoms with van der Waals surface area (Å²) in [7, 11) is 0. The van der Waals surface area contributed by atoms with Crippen molar-refractivity contribution in [2.75, 3.05) is 0 Å². The Labute approximate surface area is 150 Å². The molecule has 25 heavy (non-hydrogen) atoms. The second-order valence-electron chi connectivity index (χ2n) is 5.73. The number of carbonyl (C=O) groups excluding carboxylic acids is 1. The molecular formula is C20H16ClNO3. The zero-order valence-electron chi connectivity index (χ0n) is 13.3. The van der Waals surface area contributed by atoms with Crippen molar-refractivity contribution in [3.63, 3.8) is 0 Å². The minimum absolute atomic E-state index is 0.159. The third kappa shape index (κ3) is 3.98. The molecule has 0 radical (unpaired) electrons.